The Balaban J connectivity index is 1.65. The van der Waals surface area contributed by atoms with Crippen LogP contribution >= 0.6 is 0 Å². The van der Waals surface area contributed by atoms with Crippen LogP contribution in [-0.4, -0.2) is 43.7 Å². The minimum Gasteiger partial charge on any atom is -0.379 e. The summed E-state index contributed by atoms with van der Waals surface area (Å²) >= 11 is 0. The van der Waals surface area contributed by atoms with E-state index in [1.54, 1.807) is 44.6 Å². The van der Waals surface area contributed by atoms with Gasteiger partial charge in [0.1, 0.15) is 12.0 Å². The van der Waals surface area contributed by atoms with Crippen molar-refractivity contribution < 1.29 is 19.4 Å². The van der Waals surface area contributed by atoms with Crippen LogP contribution < -0.4 is 16.2 Å². The van der Waals surface area contributed by atoms with Gasteiger partial charge in [0.15, 0.2) is 5.79 Å². The summed E-state index contributed by atoms with van der Waals surface area (Å²) in [6.45, 7) is 5.33. The third-order valence-corrected chi connectivity index (χ3v) is 5.89. The van der Waals surface area contributed by atoms with Crippen LogP contribution in [0.3, 0.4) is 0 Å². The summed E-state index contributed by atoms with van der Waals surface area (Å²) < 4.78 is 14.6. The molecule has 0 bridgehead atoms. The summed E-state index contributed by atoms with van der Waals surface area (Å²) in [5.74, 6) is -2.80. The van der Waals surface area contributed by atoms with Crippen LogP contribution in [0.1, 0.15) is 25.3 Å². The Morgan fingerprint density at radius 2 is 2.19 bits per heavy atom. The van der Waals surface area contributed by atoms with Gasteiger partial charge in [0, 0.05) is 48.5 Å². The molecule has 1 aliphatic carbocycles. The highest BCUT2D eigenvalue weighted by Crippen LogP contribution is 2.35. The summed E-state index contributed by atoms with van der Waals surface area (Å²) in [6.07, 6.45) is 5.32. The number of aromatic nitrogens is 2. The van der Waals surface area contributed by atoms with Crippen LogP contribution in [0, 0.1) is 5.92 Å². The highest BCUT2D eigenvalue weighted by molar-refractivity contribution is 5.96. The molecule has 2 aromatic heterocycles. The van der Waals surface area contributed by atoms with Crippen molar-refractivity contribution in [3.05, 3.63) is 64.8 Å². The molecule has 1 amide bonds. The number of dihydropyridines is 1. The van der Waals surface area contributed by atoms with Crippen LogP contribution in [0.4, 0.5) is 10.2 Å². The molecule has 3 unspecified atom stereocenters. The molecule has 0 spiro atoms. The number of allylic oxidation sites excluding steroid dienone is 2. The van der Waals surface area contributed by atoms with E-state index in [1.165, 1.54) is 10.6 Å². The highest BCUT2D eigenvalue weighted by Gasteiger charge is 2.43. The lowest BCUT2D eigenvalue weighted by Gasteiger charge is -2.32. The van der Waals surface area contributed by atoms with Crippen LogP contribution in [0.2, 0.25) is 0 Å². The number of amides is 1. The summed E-state index contributed by atoms with van der Waals surface area (Å²) in [4.78, 5) is 29.3. The third-order valence-electron chi connectivity index (χ3n) is 5.89. The molecule has 3 atom stereocenters. The molecule has 2 aromatic rings. The fourth-order valence-corrected chi connectivity index (χ4v) is 3.85. The summed E-state index contributed by atoms with van der Waals surface area (Å²) in [7, 11) is 1.62. The lowest BCUT2D eigenvalue weighted by molar-refractivity contribution is -0.168. The molecular formula is C23H25FN4O4. The molecule has 0 saturated heterocycles. The zero-order valence-corrected chi connectivity index (χ0v) is 17.8. The van der Waals surface area contributed by atoms with Crippen molar-refractivity contribution in [2.24, 2.45) is 13.0 Å². The van der Waals surface area contributed by atoms with Gasteiger partial charge in [-0.05, 0) is 25.0 Å². The predicted molar refractivity (Wildman–Crippen MR) is 119 cm³/mol. The molecule has 9 heteroatoms. The van der Waals surface area contributed by atoms with Gasteiger partial charge in [-0.25, -0.2) is 9.37 Å². The number of nitrogens with zero attached hydrogens (tertiary/aromatic N) is 2. The Bertz CT molecular complexity index is 1230. The number of nitrogens with one attached hydrogen (secondary N) is 2. The maximum absolute atomic E-state index is 13.1. The molecular weight excluding hydrogens is 415 g/mol. The van der Waals surface area contributed by atoms with E-state index >= 15 is 0 Å². The first kappa shape index (κ1) is 21.9. The predicted octanol–water partition coefficient (Wildman–Crippen LogP) is 1.75. The van der Waals surface area contributed by atoms with Gasteiger partial charge < -0.3 is 25.4 Å². The van der Waals surface area contributed by atoms with Gasteiger partial charge >= 0.3 is 0 Å². The van der Waals surface area contributed by atoms with Gasteiger partial charge in [-0.15, -0.1) is 6.58 Å². The quantitative estimate of drug-likeness (QED) is 0.402. The Labute approximate surface area is 183 Å². The number of carbonyl (C=O) groups excluding carboxylic acids is 1. The first-order chi connectivity index (χ1) is 15.1. The molecule has 4 rings (SSSR count). The first-order valence-corrected chi connectivity index (χ1v) is 10.3. The molecule has 1 aliphatic heterocycles. The number of halogens is 1. The molecule has 3 heterocycles. The Hall–Kier alpha value is -3.30. The largest absolute Gasteiger partial charge is 0.379 e. The molecule has 2 aliphatic rings. The third kappa shape index (κ3) is 3.96. The van der Waals surface area contributed by atoms with E-state index in [4.69, 9.17) is 0 Å². The van der Waals surface area contributed by atoms with Gasteiger partial charge in [-0.3, -0.25) is 9.59 Å². The number of hydrogen-bond donors (Lipinski definition) is 4. The van der Waals surface area contributed by atoms with Crippen molar-refractivity contribution in [3.63, 3.8) is 0 Å². The van der Waals surface area contributed by atoms with Gasteiger partial charge in [-0.2, -0.15) is 0 Å². The molecule has 168 valence electrons. The van der Waals surface area contributed by atoms with Crippen molar-refractivity contribution in [2.45, 2.75) is 37.8 Å². The fraction of sp³-hybridized carbons (Fsp3) is 0.348. The second-order valence-corrected chi connectivity index (χ2v) is 8.32. The van der Waals surface area contributed by atoms with Crippen LogP contribution in [-0.2, 0) is 11.8 Å². The van der Waals surface area contributed by atoms with E-state index in [0.717, 1.165) is 0 Å². The van der Waals surface area contributed by atoms with E-state index in [0.29, 0.717) is 27.6 Å². The van der Waals surface area contributed by atoms with Crippen molar-refractivity contribution in [1.82, 2.24) is 14.9 Å². The SMILES string of the molecule is C=CCC(O)(O)C1C=C(C)C(c2cc3cnc(NC(=O)C4CC4F)cc3n(C)c2=O)=CN1. The van der Waals surface area contributed by atoms with Crippen LogP contribution in [0.15, 0.2) is 53.6 Å². The average Bonchev–Trinajstić information content (AvgIpc) is 3.48. The molecule has 0 radical (unpaired) electrons. The van der Waals surface area contributed by atoms with Crippen molar-refractivity contribution in [2.75, 3.05) is 5.32 Å². The van der Waals surface area contributed by atoms with Gasteiger partial charge in [0.05, 0.1) is 17.5 Å². The maximum atomic E-state index is 13.1. The maximum Gasteiger partial charge on any atom is 0.258 e. The second kappa shape index (κ2) is 7.99. The molecule has 1 fully saturated rings. The zero-order valence-electron chi connectivity index (χ0n) is 17.8. The van der Waals surface area contributed by atoms with Crippen molar-refractivity contribution in [3.8, 4) is 0 Å². The number of alkyl halides is 1. The smallest absolute Gasteiger partial charge is 0.258 e. The second-order valence-electron chi connectivity index (χ2n) is 8.32. The summed E-state index contributed by atoms with van der Waals surface area (Å²) in [5.41, 5.74) is 2.05. The Morgan fingerprint density at radius 3 is 2.81 bits per heavy atom. The highest BCUT2D eigenvalue weighted by atomic mass is 19.1. The fourth-order valence-electron chi connectivity index (χ4n) is 3.85. The van der Waals surface area contributed by atoms with Gasteiger partial charge in [0.2, 0.25) is 5.91 Å². The number of pyridine rings is 2. The van der Waals surface area contributed by atoms with Crippen LogP contribution in [0.25, 0.3) is 16.5 Å². The number of anilines is 1. The summed E-state index contributed by atoms with van der Waals surface area (Å²) in [6, 6.07) is 2.53. The Morgan fingerprint density at radius 1 is 1.47 bits per heavy atom. The number of fused-ring (bicyclic) bond motifs is 1. The topological polar surface area (TPSA) is 116 Å². The zero-order chi connectivity index (χ0) is 23.2. The Kier molecular flexibility index (Phi) is 5.47. The number of aliphatic hydroxyl groups is 2. The van der Waals surface area contributed by atoms with Crippen molar-refractivity contribution in [1.29, 1.82) is 0 Å². The van der Waals surface area contributed by atoms with Gasteiger partial charge in [-0.1, -0.05) is 12.2 Å². The lowest BCUT2D eigenvalue weighted by atomic mass is 9.92. The number of hydrogen-bond acceptors (Lipinski definition) is 6. The van der Waals surface area contributed by atoms with E-state index in [1.807, 2.05) is 0 Å². The minimum absolute atomic E-state index is 0.0212. The molecule has 0 aromatic carbocycles. The standard InChI is InChI=1S/C23H25FN4O4/c1-4-5-23(31,32)19-6-12(2)16(11-25-19)14-7-13-10-26-20(9-18(13)28(3)22(14)30)27-21(29)15-8-17(15)24/h4,6-7,9-11,15,17,19,25,31-32H,1,5,8H2,2-3H3,(H,26,27,29). The first-order valence-electron chi connectivity index (χ1n) is 10.3. The molecule has 32 heavy (non-hydrogen) atoms. The van der Waals surface area contributed by atoms with E-state index in [2.05, 4.69) is 22.2 Å². The normalized spacial score (nSPS) is 22.6. The van der Waals surface area contributed by atoms with E-state index in [9.17, 15) is 24.2 Å². The van der Waals surface area contributed by atoms with E-state index in [-0.39, 0.29) is 24.2 Å². The molecule has 1 saturated carbocycles. The summed E-state index contributed by atoms with van der Waals surface area (Å²) in [5, 5.41) is 26.7. The lowest BCUT2D eigenvalue weighted by Crippen LogP contribution is -2.49. The number of rotatable bonds is 6. The number of carbonyl (C=O) groups is 1. The average molecular weight is 440 g/mol. The van der Waals surface area contributed by atoms with Gasteiger partial charge in [0.25, 0.3) is 5.56 Å². The van der Waals surface area contributed by atoms with Crippen LogP contribution in [0.5, 0.6) is 0 Å². The van der Waals surface area contributed by atoms with E-state index < -0.39 is 29.8 Å². The minimum atomic E-state index is -2.01. The monoisotopic (exact) mass is 440 g/mol. The van der Waals surface area contributed by atoms with Crippen molar-refractivity contribution >= 4 is 28.2 Å². The number of aryl methyl sites for hydroxylation is 1. The molecule has 4 N–H and O–H groups in total. The molecule has 8 nitrogen and oxygen atoms in total.